The molecule has 0 atom stereocenters. The van der Waals surface area contributed by atoms with Gasteiger partial charge in [-0.3, -0.25) is 4.79 Å². The van der Waals surface area contributed by atoms with Crippen LogP contribution in [0.1, 0.15) is 71.6 Å². The zero-order valence-corrected chi connectivity index (χ0v) is 14.0. The molecule has 0 spiro atoms. The molecular formula is C17H34O4. The molecule has 4 nitrogen and oxygen atoms in total. The molecule has 0 heterocycles. The molecule has 0 aliphatic heterocycles. The summed E-state index contributed by atoms with van der Waals surface area (Å²) >= 11 is 0. The number of carbonyl (C=O) groups excluding carboxylic acids is 1. The lowest BCUT2D eigenvalue weighted by atomic mass is 10.2. The Morgan fingerprint density at radius 3 is 1.90 bits per heavy atom. The first-order valence-corrected chi connectivity index (χ1v) is 8.62. The van der Waals surface area contributed by atoms with Crippen molar-refractivity contribution in [1.82, 2.24) is 0 Å². The highest BCUT2D eigenvalue weighted by Crippen LogP contribution is 2.01. The number of hydrogen-bond donors (Lipinski definition) is 0. The number of esters is 1. The molecule has 0 bridgehead atoms. The summed E-state index contributed by atoms with van der Waals surface area (Å²) < 4.78 is 16.0. The monoisotopic (exact) mass is 302 g/mol. The van der Waals surface area contributed by atoms with Crippen molar-refractivity contribution in [1.29, 1.82) is 0 Å². The fourth-order valence-corrected chi connectivity index (χ4v) is 1.88. The van der Waals surface area contributed by atoms with Crippen molar-refractivity contribution in [3.8, 4) is 0 Å². The van der Waals surface area contributed by atoms with Gasteiger partial charge in [-0.2, -0.15) is 0 Å². The third kappa shape index (κ3) is 17.3. The predicted molar refractivity (Wildman–Crippen MR) is 85.5 cm³/mol. The Morgan fingerprint density at radius 1 is 0.667 bits per heavy atom. The molecule has 0 aliphatic carbocycles. The number of hydrogen-bond acceptors (Lipinski definition) is 4. The highest BCUT2D eigenvalue weighted by molar-refractivity contribution is 5.69. The van der Waals surface area contributed by atoms with Crippen LogP contribution < -0.4 is 0 Å². The van der Waals surface area contributed by atoms with E-state index in [4.69, 9.17) is 14.2 Å². The van der Waals surface area contributed by atoms with Crippen molar-refractivity contribution in [3.63, 3.8) is 0 Å². The molecule has 126 valence electrons. The first-order valence-electron chi connectivity index (χ1n) is 8.62. The van der Waals surface area contributed by atoms with E-state index < -0.39 is 0 Å². The van der Waals surface area contributed by atoms with Crippen molar-refractivity contribution in [3.05, 3.63) is 0 Å². The van der Waals surface area contributed by atoms with Crippen molar-refractivity contribution in [2.45, 2.75) is 71.6 Å². The van der Waals surface area contributed by atoms with Crippen molar-refractivity contribution in [2.24, 2.45) is 0 Å². The fraction of sp³-hybridized carbons (Fsp3) is 0.941. The third-order valence-electron chi connectivity index (χ3n) is 3.19. The van der Waals surface area contributed by atoms with E-state index >= 15 is 0 Å². The Balaban J connectivity index is 3.11. The van der Waals surface area contributed by atoms with E-state index in [1.54, 1.807) is 0 Å². The average molecular weight is 302 g/mol. The van der Waals surface area contributed by atoms with Crippen molar-refractivity contribution in [2.75, 3.05) is 33.0 Å². The Hall–Kier alpha value is -0.610. The molecule has 0 amide bonds. The van der Waals surface area contributed by atoms with Gasteiger partial charge in [-0.05, 0) is 19.3 Å². The molecule has 4 heteroatoms. The van der Waals surface area contributed by atoms with E-state index in [9.17, 15) is 4.79 Å². The number of unbranched alkanes of at least 4 members (excludes halogenated alkanes) is 5. The second-order valence-electron chi connectivity index (χ2n) is 5.32. The number of ether oxygens (including phenoxy) is 3. The van der Waals surface area contributed by atoms with Crippen LogP contribution in [0.5, 0.6) is 0 Å². The normalized spacial score (nSPS) is 10.8. The molecule has 0 saturated carbocycles. The summed E-state index contributed by atoms with van der Waals surface area (Å²) in [6.45, 7) is 7.58. The maximum Gasteiger partial charge on any atom is 0.305 e. The number of rotatable bonds is 16. The van der Waals surface area contributed by atoms with E-state index in [1.165, 1.54) is 25.7 Å². The van der Waals surface area contributed by atoms with Gasteiger partial charge in [0.25, 0.3) is 0 Å². The van der Waals surface area contributed by atoms with E-state index in [0.717, 1.165) is 32.3 Å². The average Bonchev–Trinajstić information content (AvgIpc) is 2.49. The lowest BCUT2D eigenvalue weighted by Crippen LogP contribution is -2.09. The van der Waals surface area contributed by atoms with Crippen LogP contribution in [-0.2, 0) is 19.0 Å². The van der Waals surface area contributed by atoms with Gasteiger partial charge in [0, 0.05) is 19.6 Å². The van der Waals surface area contributed by atoms with Crippen LogP contribution in [0, 0.1) is 0 Å². The standard InChI is InChI=1S/C17H34O4/c1-3-5-7-9-14-21-17(18)11-10-13-20-16-15-19-12-8-6-4-2/h3-16H2,1-2H3. The molecule has 0 N–H and O–H groups in total. The first-order chi connectivity index (χ1) is 10.3. The van der Waals surface area contributed by atoms with Gasteiger partial charge in [0.1, 0.15) is 0 Å². The maximum absolute atomic E-state index is 11.4. The van der Waals surface area contributed by atoms with Crippen LogP contribution in [0.25, 0.3) is 0 Å². The van der Waals surface area contributed by atoms with E-state index in [1.807, 2.05) is 0 Å². The lowest BCUT2D eigenvalue weighted by Gasteiger charge is -2.06. The smallest absolute Gasteiger partial charge is 0.305 e. The Kier molecular flexibility index (Phi) is 16.9. The maximum atomic E-state index is 11.4. The Labute approximate surface area is 130 Å². The fourth-order valence-electron chi connectivity index (χ4n) is 1.88. The lowest BCUT2D eigenvalue weighted by molar-refractivity contribution is -0.144. The summed E-state index contributed by atoms with van der Waals surface area (Å²) in [5.41, 5.74) is 0. The van der Waals surface area contributed by atoms with Crippen LogP contribution in [0.2, 0.25) is 0 Å². The van der Waals surface area contributed by atoms with Gasteiger partial charge in [-0.25, -0.2) is 0 Å². The quantitative estimate of drug-likeness (QED) is 0.318. The summed E-state index contributed by atoms with van der Waals surface area (Å²) in [6, 6.07) is 0. The second-order valence-corrected chi connectivity index (χ2v) is 5.32. The SMILES string of the molecule is CCCCCCOC(=O)CCCOCCOCCCCC. The molecule has 0 rings (SSSR count). The van der Waals surface area contributed by atoms with E-state index in [2.05, 4.69) is 13.8 Å². The third-order valence-corrected chi connectivity index (χ3v) is 3.19. The Bertz CT molecular complexity index is 219. The zero-order chi connectivity index (χ0) is 15.6. The largest absolute Gasteiger partial charge is 0.466 e. The topological polar surface area (TPSA) is 44.8 Å². The van der Waals surface area contributed by atoms with Gasteiger partial charge in [0.05, 0.1) is 19.8 Å². The van der Waals surface area contributed by atoms with Gasteiger partial charge in [-0.1, -0.05) is 46.0 Å². The highest BCUT2D eigenvalue weighted by Gasteiger charge is 2.02. The summed E-state index contributed by atoms with van der Waals surface area (Å²) in [5, 5.41) is 0. The molecule has 0 aromatic rings. The second kappa shape index (κ2) is 17.4. The zero-order valence-electron chi connectivity index (χ0n) is 14.0. The molecule has 0 aliphatic rings. The van der Waals surface area contributed by atoms with Gasteiger partial charge >= 0.3 is 5.97 Å². The van der Waals surface area contributed by atoms with Gasteiger partial charge in [-0.15, -0.1) is 0 Å². The number of carbonyl (C=O) groups is 1. The minimum Gasteiger partial charge on any atom is -0.466 e. The minimum absolute atomic E-state index is 0.106. The summed E-state index contributed by atoms with van der Waals surface area (Å²) in [6.07, 6.45) is 9.28. The molecular weight excluding hydrogens is 268 g/mol. The highest BCUT2D eigenvalue weighted by atomic mass is 16.5. The van der Waals surface area contributed by atoms with E-state index in [0.29, 0.717) is 32.8 Å². The molecule has 21 heavy (non-hydrogen) atoms. The summed E-state index contributed by atoms with van der Waals surface area (Å²) in [5.74, 6) is -0.106. The molecule has 0 radical (unpaired) electrons. The minimum atomic E-state index is -0.106. The van der Waals surface area contributed by atoms with Crippen LogP contribution >= 0.6 is 0 Å². The van der Waals surface area contributed by atoms with Crippen molar-refractivity contribution < 1.29 is 19.0 Å². The molecule has 0 aromatic heterocycles. The Morgan fingerprint density at radius 2 is 1.24 bits per heavy atom. The van der Waals surface area contributed by atoms with Crippen LogP contribution in [0.15, 0.2) is 0 Å². The van der Waals surface area contributed by atoms with Gasteiger partial charge in [0.2, 0.25) is 0 Å². The van der Waals surface area contributed by atoms with E-state index in [-0.39, 0.29) is 5.97 Å². The summed E-state index contributed by atoms with van der Waals surface area (Å²) in [7, 11) is 0. The molecule has 0 aromatic carbocycles. The molecule has 0 unspecified atom stereocenters. The summed E-state index contributed by atoms with van der Waals surface area (Å²) in [4.78, 5) is 11.4. The van der Waals surface area contributed by atoms with Gasteiger partial charge < -0.3 is 14.2 Å². The predicted octanol–water partition coefficient (Wildman–Crippen LogP) is 4.11. The molecule has 0 fully saturated rings. The first kappa shape index (κ1) is 20.4. The van der Waals surface area contributed by atoms with Crippen LogP contribution in [-0.4, -0.2) is 39.0 Å². The van der Waals surface area contributed by atoms with Crippen LogP contribution in [0.4, 0.5) is 0 Å². The molecule has 0 saturated heterocycles. The van der Waals surface area contributed by atoms with Crippen LogP contribution in [0.3, 0.4) is 0 Å². The van der Waals surface area contributed by atoms with Crippen molar-refractivity contribution >= 4 is 5.97 Å². The van der Waals surface area contributed by atoms with Gasteiger partial charge in [0.15, 0.2) is 0 Å².